The molecule has 1 fully saturated rings. The number of nitrogens with zero attached hydrogens (tertiary/aromatic N) is 3. The number of halogens is 1. The number of pyridine rings is 1. The second-order valence-electron chi connectivity index (χ2n) is 28.2. The molecule has 4 aromatic carbocycles. The fourth-order valence-electron chi connectivity index (χ4n) is 12.9. The van der Waals surface area contributed by atoms with Crippen molar-refractivity contribution in [2.75, 3.05) is 26.8 Å². The summed E-state index contributed by atoms with van der Waals surface area (Å²) < 4.78 is 20.3. The molecule has 19 N–H and O–H groups in total. The molecule has 1 aliphatic heterocycles. The lowest BCUT2D eigenvalue weighted by Gasteiger charge is -2.37. The third-order valence-electron chi connectivity index (χ3n) is 19.3. The third-order valence-corrected chi connectivity index (χ3v) is 19.3. The largest absolute Gasteiger partial charge is 0.508 e. The van der Waals surface area contributed by atoms with Crippen molar-refractivity contribution < 1.29 is 107 Å². The van der Waals surface area contributed by atoms with Crippen LogP contribution in [0.1, 0.15) is 100 Å². The number of phenolic OH excluding ortho intramolecular Hbond substituents is 1. The molecule has 37 heteroatoms. The van der Waals surface area contributed by atoms with Crippen molar-refractivity contribution in [1.29, 1.82) is 0 Å². The highest BCUT2D eigenvalue weighted by atomic mass is 19.1. The van der Waals surface area contributed by atoms with Gasteiger partial charge >= 0.3 is 18.0 Å². The van der Waals surface area contributed by atoms with Crippen molar-refractivity contribution in [2.45, 2.75) is 177 Å². The number of likely N-dealkylation sites (tertiary alicyclic amines) is 1. The zero-order valence-corrected chi connectivity index (χ0v) is 64.1. The van der Waals surface area contributed by atoms with Crippen molar-refractivity contribution in [1.82, 2.24) is 73.0 Å². The van der Waals surface area contributed by atoms with Crippen LogP contribution in [0.4, 0.5) is 9.18 Å². The van der Waals surface area contributed by atoms with Crippen LogP contribution in [0.2, 0.25) is 0 Å². The number of hydrogen-bond donors (Lipinski definition) is 18. The maximum atomic E-state index is 15.6. The minimum atomic E-state index is -2.45. The molecule has 616 valence electrons. The number of aliphatic hydroxyl groups excluding tert-OH is 3. The van der Waals surface area contributed by atoms with Gasteiger partial charge in [0.2, 0.25) is 65.0 Å². The normalized spacial score (nSPS) is 16.2. The zero-order chi connectivity index (χ0) is 84.6. The van der Waals surface area contributed by atoms with Gasteiger partial charge in [-0.3, -0.25) is 67.3 Å². The molecule has 1 saturated heterocycles. The first kappa shape index (κ1) is 89.4. The van der Waals surface area contributed by atoms with E-state index in [-0.39, 0.29) is 50.0 Å². The predicted molar refractivity (Wildman–Crippen MR) is 408 cm³/mol. The van der Waals surface area contributed by atoms with Crippen molar-refractivity contribution >= 4 is 83.0 Å². The molecule has 0 aliphatic carbocycles. The van der Waals surface area contributed by atoms with E-state index in [1.54, 1.807) is 48.5 Å². The number of aromatic amines is 1. The van der Waals surface area contributed by atoms with Crippen LogP contribution in [0.3, 0.4) is 0 Å². The van der Waals surface area contributed by atoms with Crippen LogP contribution < -0.4 is 58.9 Å². The molecule has 12 atom stereocenters. The Morgan fingerprint density at radius 2 is 1.30 bits per heavy atom. The number of amides is 12. The lowest BCUT2D eigenvalue weighted by molar-refractivity contribution is -0.146. The fraction of sp³-hybridized carbons (Fsp3) is 0.410. The van der Waals surface area contributed by atoms with E-state index in [0.29, 0.717) is 34.5 Å². The van der Waals surface area contributed by atoms with Gasteiger partial charge in [0.25, 0.3) is 0 Å². The van der Waals surface area contributed by atoms with Crippen molar-refractivity contribution in [3.63, 3.8) is 0 Å². The molecule has 12 amide bonds. The van der Waals surface area contributed by atoms with E-state index in [9.17, 15) is 97.8 Å². The first-order chi connectivity index (χ1) is 54.5. The summed E-state index contributed by atoms with van der Waals surface area (Å²) in [4.78, 5) is 205. The molecule has 1 aliphatic rings. The highest BCUT2D eigenvalue weighted by molar-refractivity contribution is 6.01. The number of aliphatic hydroxyl groups is 3. The summed E-state index contributed by atoms with van der Waals surface area (Å²) in [5.74, 6) is -16.8. The lowest BCUT2D eigenvalue weighted by Crippen LogP contribution is -2.67. The number of carbonyl (C=O) groups is 14. The van der Waals surface area contributed by atoms with Gasteiger partial charge in [0.15, 0.2) is 0 Å². The number of carbonyl (C=O) groups excluding carboxylic acids is 12. The van der Waals surface area contributed by atoms with Crippen LogP contribution in [0.15, 0.2) is 122 Å². The molecule has 36 nitrogen and oxygen atoms in total. The van der Waals surface area contributed by atoms with E-state index in [2.05, 4.69) is 68.1 Å². The van der Waals surface area contributed by atoms with E-state index < -0.39 is 199 Å². The molecule has 0 spiro atoms. The number of carboxylic acids is 2. The number of aromatic nitrogens is 3. The van der Waals surface area contributed by atoms with Gasteiger partial charge in [-0.05, 0) is 124 Å². The van der Waals surface area contributed by atoms with Crippen molar-refractivity contribution in [2.24, 2.45) is 5.73 Å². The number of rotatable bonds is 40. The van der Waals surface area contributed by atoms with Gasteiger partial charge in [0.05, 0.1) is 56.6 Å². The Morgan fingerprint density at radius 1 is 0.670 bits per heavy atom. The molecule has 2 aromatic heterocycles. The number of phenols is 1. The number of H-pyrrole nitrogens is 1. The number of aryl methyl sites for hydroxylation is 2. The first-order valence-electron chi connectivity index (χ1n) is 36.7. The second-order valence-corrected chi connectivity index (χ2v) is 28.2. The molecule has 6 aromatic rings. The highest BCUT2D eigenvalue weighted by Gasteiger charge is 2.49. The van der Waals surface area contributed by atoms with Gasteiger partial charge < -0.3 is 104 Å². The molecule has 0 saturated carbocycles. The minimum absolute atomic E-state index is 0.0101. The fourth-order valence-corrected chi connectivity index (χ4v) is 12.9. The van der Waals surface area contributed by atoms with E-state index in [1.165, 1.54) is 54.8 Å². The van der Waals surface area contributed by atoms with Crippen molar-refractivity contribution in [3.8, 4) is 28.1 Å². The van der Waals surface area contributed by atoms with Crippen LogP contribution in [0.25, 0.3) is 22.4 Å². The van der Waals surface area contributed by atoms with E-state index in [1.807, 2.05) is 38.1 Å². The third kappa shape index (κ3) is 24.9. The average molecular weight is 1600 g/mol. The smallest absolute Gasteiger partial charge is 0.407 e. The summed E-state index contributed by atoms with van der Waals surface area (Å²) in [7, 11) is 1.08. The molecule has 2 unspecified atom stereocenters. The Morgan fingerprint density at radius 3 is 1.90 bits per heavy atom. The van der Waals surface area contributed by atoms with Gasteiger partial charge in [0.1, 0.15) is 71.0 Å². The predicted octanol–water partition coefficient (Wildman–Crippen LogP) is -0.806. The second kappa shape index (κ2) is 41.1. The Labute approximate surface area is 659 Å². The molecule has 7 rings (SSSR count). The Hall–Kier alpha value is -12.8. The Balaban J connectivity index is 1.05. The number of imidazole rings is 1. The van der Waals surface area contributed by atoms with Gasteiger partial charge in [-0.1, -0.05) is 85.8 Å². The van der Waals surface area contributed by atoms with Gasteiger partial charge in [-0.2, -0.15) is 0 Å². The van der Waals surface area contributed by atoms with Gasteiger partial charge in [-0.15, -0.1) is 0 Å². The van der Waals surface area contributed by atoms with Gasteiger partial charge in [-0.25, -0.2) is 14.2 Å². The number of primary amides is 1. The summed E-state index contributed by atoms with van der Waals surface area (Å²) in [5.41, 5.74) is 7.42. The van der Waals surface area contributed by atoms with E-state index in [0.717, 1.165) is 56.2 Å². The number of hydrogen-bond acceptors (Lipinski definition) is 21. The standard InChI is InChI=1S/C78H96FN15O21/c1-8-46-32-50(98)23-24-52(46)47-21-18-44(19-22-47)30-57(68(106)85-56(66(80)104)31-45-20-25-54(82-36-45)51-16-11-9-14-41(51)2)86-69(107)58(34-63(102)103)87-70(108)60(39-95)88-71(109)64(42(3)96)92-74(112)77(5,35-48-15-10-12-17-53(48)79)93-72(110)65(43(4)97)91-61(99)38-83-67(105)55(26-27-62(100)101)89-75(113)78(6)28-13-29-94(78)73(111)59(90-76(114)115-7)33-49-37-81-40-84-49/h9-12,14-25,32,36-37,40,42-43,55-60,64-65,95-98H,8,13,26-31,33-35,38-39H2,1-7H3,(H2,80,104)(H,81,84)(H,83,105)(H,85,106)(H,86,107)(H,87,108)(H,88,109)(H,89,113)(H,90,114)(H,91,99)(H,92,112)(H,93,110)(H,100,101)(H,102,103)/t42-,43-,55+,56+,57+,58+,59+,60+,64+,65+,77?,78?/m1/s1. The summed E-state index contributed by atoms with van der Waals surface area (Å²) in [5, 5.41) is 85.7. The zero-order valence-electron chi connectivity index (χ0n) is 64.1. The van der Waals surface area contributed by atoms with Crippen LogP contribution in [0.5, 0.6) is 5.75 Å². The number of nitrogens with one attached hydrogen (secondary N) is 11. The minimum Gasteiger partial charge on any atom is -0.508 e. The number of methoxy groups -OCH3 is 1. The molecule has 0 radical (unpaired) electrons. The van der Waals surface area contributed by atoms with Gasteiger partial charge in [0, 0.05) is 56.6 Å². The first-order valence-corrected chi connectivity index (χ1v) is 36.7. The van der Waals surface area contributed by atoms with Crippen LogP contribution >= 0.6 is 0 Å². The van der Waals surface area contributed by atoms with Crippen molar-refractivity contribution in [3.05, 3.63) is 161 Å². The van der Waals surface area contributed by atoms with Crippen LogP contribution in [-0.2, 0) is 99.2 Å². The summed E-state index contributed by atoms with van der Waals surface area (Å²) in [6.45, 7) is 5.93. The van der Waals surface area contributed by atoms with E-state index in [4.69, 9.17) is 10.5 Å². The molecular weight excluding hydrogens is 1500 g/mol. The van der Waals surface area contributed by atoms with Crippen LogP contribution in [-0.4, -0.2) is 232 Å². The number of ether oxygens (including phenoxy) is 1. The summed E-state index contributed by atoms with van der Waals surface area (Å²) in [6.07, 6.45) is -3.41. The molecule has 115 heavy (non-hydrogen) atoms. The van der Waals surface area contributed by atoms with E-state index >= 15 is 4.39 Å². The topological polar surface area (TPSA) is 561 Å². The maximum Gasteiger partial charge on any atom is 0.407 e. The number of aromatic hydroxyl groups is 1. The van der Waals surface area contributed by atoms with Crippen LogP contribution in [0, 0.1) is 12.7 Å². The maximum absolute atomic E-state index is 15.6. The monoisotopic (exact) mass is 1600 g/mol. The molecular formula is C78H96FN15O21. The number of carboxylic acid groups (broad SMARTS) is 2. The Kier molecular flexibility index (Phi) is 32.0. The molecule has 0 bridgehead atoms. The quantitative estimate of drug-likeness (QED) is 0.0224. The lowest BCUT2D eigenvalue weighted by atomic mass is 9.90. The number of nitrogens with two attached hydrogens (primary N) is 1. The number of aliphatic carboxylic acids is 2. The summed E-state index contributed by atoms with van der Waals surface area (Å²) in [6, 6.07) is 12.8. The highest BCUT2D eigenvalue weighted by Crippen LogP contribution is 2.32. The number of alkyl carbamates (subject to hydrolysis) is 1. The SMILES string of the molecule is CCc1cc(O)ccc1-c1ccc(C[C@H](NC(=O)[C@H](CC(=O)O)NC(=O)[C@H](CO)NC(=O)[C@@H](NC(=O)C(C)(Cc2ccccc2F)NC(=O)[C@@H](NC(=O)CNC(=O)[C@H](CCC(=O)O)NC(=O)C2(C)CCCN2C(=O)[C@H](Cc2c[nH]cn2)NC(=O)OC)[C@@H](C)O)[C@@H](C)O)C(=O)N[C@@H](Cc2ccc(-c3ccccc3C)nc2)C(N)=O)cc1. The average Bonchev–Trinajstić information content (AvgIpc) is 1.69. The number of benzene rings is 4. The summed E-state index contributed by atoms with van der Waals surface area (Å²) >= 11 is 0. The Bertz CT molecular complexity index is 4510. The molecule has 3 heterocycles.